The number of aromatic nitrogens is 1. The molecule has 26 heavy (non-hydrogen) atoms. The summed E-state index contributed by atoms with van der Waals surface area (Å²) in [6, 6.07) is 21.5. The van der Waals surface area contributed by atoms with Gasteiger partial charge in [0.2, 0.25) is 6.23 Å². The Morgan fingerprint density at radius 3 is 1.92 bits per heavy atom. The summed E-state index contributed by atoms with van der Waals surface area (Å²) >= 11 is 7.09. The molecule has 0 saturated carbocycles. The summed E-state index contributed by atoms with van der Waals surface area (Å²) in [5, 5.41) is 2.14. The van der Waals surface area contributed by atoms with Crippen LogP contribution in [0.2, 0.25) is 0 Å². The van der Waals surface area contributed by atoms with Crippen LogP contribution in [0.15, 0.2) is 75.7 Å². The van der Waals surface area contributed by atoms with Gasteiger partial charge in [-0.1, -0.05) is 50.1 Å². The van der Waals surface area contributed by atoms with Crippen LogP contribution in [-0.4, -0.2) is 10.4 Å². The van der Waals surface area contributed by atoms with E-state index in [9.17, 15) is 4.79 Å². The van der Waals surface area contributed by atoms with E-state index in [0.717, 1.165) is 30.8 Å². The lowest BCUT2D eigenvalue weighted by molar-refractivity contribution is -0.127. The SMILES string of the molecule is CC(=O)C(Oc1ccccc1)n1c2ccc(Br)cc2c2cc(Br)ccc21. The standard InChI is InChI=1S/C21H15Br2NO2/c1-13(25)21(26-16-5-3-2-4-6-16)24-19-9-7-14(22)11-17(19)18-12-15(23)8-10-20(18)24/h2-12,21H,1H3. The zero-order chi connectivity index (χ0) is 18.3. The molecule has 0 spiro atoms. The van der Waals surface area contributed by atoms with Crippen LogP contribution in [0.25, 0.3) is 21.8 Å². The minimum Gasteiger partial charge on any atom is -0.463 e. The summed E-state index contributed by atoms with van der Waals surface area (Å²) < 4.78 is 10.0. The molecule has 5 heteroatoms. The fourth-order valence-corrected chi connectivity index (χ4v) is 3.92. The Hall–Kier alpha value is -2.11. The summed E-state index contributed by atoms with van der Waals surface area (Å²) in [6.45, 7) is 1.56. The molecule has 0 amide bonds. The summed E-state index contributed by atoms with van der Waals surface area (Å²) in [6.07, 6.45) is -0.736. The van der Waals surface area contributed by atoms with Crippen LogP contribution < -0.4 is 4.74 Å². The number of benzene rings is 3. The molecule has 4 rings (SSSR count). The third-order valence-corrected chi connectivity index (χ3v) is 5.29. The average Bonchev–Trinajstić information content (AvgIpc) is 2.93. The van der Waals surface area contributed by atoms with E-state index in [2.05, 4.69) is 44.0 Å². The zero-order valence-corrected chi connectivity index (χ0v) is 17.1. The zero-order valence-electron chi connectivity index (χ0n) is 13.9. The van der Waals surface area contributed by atoms with Gasteiger partial charge in [-0.2, -0.15) is 0 Å². The van der Waals surface area contributed by atoms with E-state index in [-0.39, 0.29) is 5.78 Å². The van der Waals surface area contributed by atoms with Crippen molar-refractivity contribution in [3.8, 4) is 5.75 Å². The van der Waals surface area contributed by atoms with E-state index in [0.29, 0.717) is 5.75 Å². The number of para-hydroxylation sites is 1. The van der Waals surface area contributed by atoms with Crippen LogP contribution in [0.1, 0.15) is 13.2 Å². The molecule has 0 aliphatic carbocycles. The largest absolute Gasteiger partial charge is 0.463 e. The van der Waals surface area contributed by atoms with Crippen molar-refractivity contribution in [3.63, 3.8) is 0 Å². The number of Topliss-reactive ketones (excluding diaryl/α,β-unsaturated/α-hetero) is 1. The molecule has 1 atom stereocenters. The predicted octanol–water partition coefficient (Wildman–Crippen LogP) is 6.49. The highest BCUT2D eigenvalue weighted by atomic mass is 79.9. The van der Waals surface area contributed by atoms with Gasteiger partial charge in [-0.15, -0.1) is 0 Å². The minimum absolute atomic E-state index is 0.0570. The van der Waals surface area contributed by atoms with Crippen molar-refractivity contribution in [2.45, 2.75) is 13.2 Å². The van der Waals surface area contributed by atoms with Crippen molar-refractivity contribution < 1.29 is 9.53 Å². The number of nitrogens with zero attached hydrogens (tertiary/aromatic N) is 1. The second kappa shape index (κ2) is 6.89. The van der Waals surface area contributed by atoms with Crippen molar-refractivity contribution in [1.29, 1.82) is 0 Å². The second-order valence-corrected chi connectivity index (χ2v) is 7.92. The van der Waals surface area contributed by atoms with E-state index < -0.39 is 6.23 Å². The van der Waals surface area contributed by atoms with E-state index in [1.54, 1.807) is 6.92 Å². The molecule has 1 aromatic heterocycles. The van der Waals surface area contributed by atoms with Gasteiger partial charge in [0.25, 0.3) is 0 Å². The van der Waals surface area contributed by atoms with E-state index >= 15 is 0 Å². The molecular weight excluding hydrogens is 458 g/mol. The Bertz CT molecular complexity index is 1060. The quantitative estimate of drug-likeness (QED) is 0.340. The van der Waals surface area contributed by atoms with E-state index in [1.807, 2.05) is 59.2 Å². The molecular formula is C21H15Br2NO2. The Morgan fingerprint density at radius 2 is 1.42 bits per heavy atom. The van der Waals surface area contributed by atoms with Gasteiger partial charge in [0.1, 0.15) is 5.75 Å². The van der Waals surface area contributed by atoms with Crippen molar-refractivity contribution >= 4 is 59.4 Å². The molecule has 4 aromatic rings. The number of ketones is 1. The molecule has 3 aromatic carbocycles. The maximum absolute atomic E-state index is 12.5. The molecule has 1 heterocycles. The fraction of sp³-hybridized carbons (Fsp3) is 0.0952. The monoisotopic (exact) mass is 471 g/mol. The number of carbonyl (C=O) groups is 1. The molecule has 0 aliphatic rings. The number of ether oxygens (including phenoxy) is 1. The normalized spacial score (nSPS) is 12.4. The molecule has 0 aliphatic heterocycles. The van der Waals surface area contributed by atoms with Crippen LogP contribution in [0.4, 0.5) is 0 Å². The summed E-state index contributed by atoms with van der Waals surface area (Å²) in [4.78, 5) is 12.5. The Morgan fingerprint density at radius 1 is 0.885 bits per heavy atom. The highest BCUT2D eigenvalue weighted by Crippen LogP contribution is 2.36. The van der Waals surface area contributed by atoms with E-state index in [4.69, 9.17) is 4.74 Å². The lowest BCUT2D eigenvalue weighted by Crippen LogP contribution is -2.23. The topological polar surface area (TPSA) is 31.2 Å². The number of hydrogen-bond donors (Lipinski definition) is 0. The highest BCUT2D eigenvalue weighted by molar-refractivity contribution is 9.10. The van der Waals surface area contributed by atoms with Gasteiger partial charge in [0, 0.05) is 26.6 Å². The third kappa shape index (κ3) is 3.06. The van der Waals surface area contributed by atoms with Crippen molar-refractivity contribution in [2.24, 2.45) is 0 Å². The Balaban J connectivity index is 1.99. The smallest absolute Gasteiger partial charge is 0.235 e. The van der Waals surface area contributed by atoms with Crippen LogP contribution in [0, 0.1) is 0 Å². The van der Waals surface area contributed by atoms with Crippen LogP contribution >= 0.6 is 31.9 Å². The summed E-state index contributed by atoms with van der Waals surface area (Å²) in [5.41, 5.74) is 1.91. The second-order valence-electron chi connectivity index (χ2n) is 6.09. The van der Waals surface area contributed by atoms with Gasteiger partial charge in [0.05, 0.1) is 11.0 Å². The van der Waals surface area contributed by atoms with Gasteiger partial charge in [-0.25, -0.2) is 0 Å². The molecule has 0 N–H and O–H groups in total. The van der Waals surface area contributed by atoms with E-state index in [1.165, 1.54) is 0 Å². The maximum atomic E-state index is 12.5. The lowest BCUT2D eigenvalue weighted by Gasteiger charge is -2.20. The fourth-order valence-electron chi connectivity index (χ4n) is 3.20. The number of carbonyl (C=O) groups excluding carboxylic acids is 1. The number of halogens is 2. The van der Waals surface area contributed by atoms with Crippen molar-refractivity contribution in [3.05, 3.63) is 75.7 Å². The third-order valence-electron chi connectivity index (χ3n) is 4.30. The first-order chi connectivity index (χ1) is 12.5. The van der Waals surface area contributed by atoms with Gasteiger partial charge in [-0.3, -0.25) is 9.36 Å². The number of rotatable bonds is 4. The highest BCUT2D eigenvalue weighted by Gasteiger charge is 2.24. The first-order valence-electron chi connectivity index (χ1n) is 8.15. The number of hydrogen-bond acceptors (Lipinski definition) is 2. The molecule has 0 saturated heterocycles. The van der Waals surface area contributed by atoms with Crippen LogP contribution in [0.5, 0.6) is 5.75 Å². The van der Waals surface area contributed by atoms with Crippen LogP contribution in [0.3, 0.4) is 0 Å². The van der Waals surface area contributed by atoms with Gasteiger partial charge < -0.3 is 4.74 Å². The molecule has 130 valence electrons. The van der Waals surface area contributed by atoms with Crippen molar-refractivity contribution in [1.82, 2.24) is 4.57 Å². The van der Waals surface area contributed by atoms with Gasteiger partial charge in [0.15, 0.2) is 5.78 Å². The molecule has 0 fully saturated rings. The molecule has 1 unspecified atom stereocenters. The Labute approximate surface area is 167 Å². The first kappa shape index (κ1) is 17.3. The molecule has 0 radical (unpaired) electrons. The molecule has 0 bridgehead atoms. The first-order valence-corrected chi connectivity index (χ1v) is 9.74. The average molecular weight is 473 g/mol. The molecule has 3 nitrogen and oxygen atoms in total. The predicted molar refractivity (Wildman–Crippen MR) is 112 cm³/mol. The van der Waals surface area contributed by atoms with Gasteiger partial charge >= 0.3 is 0 Å². The summed E-state index contributed by atoms with van der Waals surface area (Å²) in [7, 11) is 0. The lowest BCUT2D eigenvalue weighted by atomic mass is 10.2. The summed E-state index contributed by atoms with van der Waals surface area (Å²) in [5.74, 6) is 0.607. The van der Waals surface area contributed by atoms with Gasteiger partial charge in [-0.05, 0) is 48.5 Å². The number of fused-ring (bicyclic) bond motifs is 3. The van der Waals surface area contributed by atoms with Crippen LogP contribution in [-0.2, 0) is 4.79 Å². The minimum atomic E-state index is -0.736. The Kier molecular flexibility index (Phi) is 4.59. The maximum Gasteiger partial charge on any atom is 0.235 e. The van der Waals surface area contributed by atoms with Crippen molar-refractivity contribution in [2.75, 3.05) is 0 Å².